The van der Waals surface area contributed by atoms with Crippen LogP contribution in [0.1, 0.15) is 11.9 Å². The molecule has 0 aliphatic heterocycles. The molecule has 1 amide bonds. The van der Waals surface area contributed by atoms with Gasteiger partial charge in [0.15, 0.2) is 0 Å². The summed E-state index contributed by atoms with van der Waals surface area (Å²) in [5.41, 5.74) is 6.54. The molecule has 2 rings (SSSR count). The number of aromatic nitrogens is 1. The van der Waals surface area contributed by atoms with E-state index in [4.69, 9.17) is 5.73 Å². The highest BCUT2D eigenvalue weighted by Crippen LogP contribution is 2.22. The maximum atomic E-state index is 11.6. The molecule has 1 aromatic heterocycles. The van der Waals surface area contributed by atoms with E-state index in [1.807, 2.05) is 24.3 Å². The lowest BCUT2D eigenvalue weighted by molar-refractivity contribution is -0.131. The van der Waals surface area contributed by atoms with Crippen LogP contribution in [0.2, 0.25) is 0 Å². The van der Waals surface area contributed by atoms with Gasteiger partial charge in [0.1, 0.15) is 5.01 Å². The summed E-state index contributed by atoms with van der Waals surface area (Å²) in [4.78, 5) is 17.7. The highest BCUT2D eigenvalue weighted by Gasteiger charge is 2.15. The number of benzene rings is 1. The molecule has 0 saturated heterocycles. The molecule has 2 aromatic rings. The molecule has 1 heterocycles. The average Bonchev–Trinajstić information content (AvgIpc) is 2.69. The second-order valence-electron chi connectivity index (χ2n) is 4.06. The van der Waals surface area contributed by atoms with E-state index in [0.717, 1.165) is 15.2 Å². The average molecular weight is 249 g/mol. The molecule has 0 radical (unpaired) electrons. The summed E-state index contributed by atoms with van der Waals surface area (Å²) in [5, 5.41) is 0.933. The lowest BCUT2D eigenvalue weighted by atomic mass is 10.3. The Bertz CT molecular complexity index is 502. The second kappa shape index (κ2) is 4.81. The largest absolute Gasteiger partial charge is 0.338 e. The monoisotopic (exact) mass is 249 g/mol. The van der Waals surface area contributed by atoms with Gasteiger partial charge in [-0.25, -0.2) is 4.98 Å². The molecule has 0 fully saturated rings. The van der Waals surface area contributed by atoms with Gasteiger partial charge in [0.25, 0.3) is 0 Å². The topological polar surface area (TPSA) is 59.2 Å². The minimum absolute atomic E-state index is 0.0655. The first-order valence-corrected chi connectivity index (χ1v) is 6.24. The van der Waals surface area contributed by atoms with Gasteiger partial charge in [0.05, 0.1) is 22.8 Å². The second-order valence-corrected chi connectivity index (χ2v) is 5.17. The number of carbonyl (C=O) groups is 1. The van der Waals surface area contributed by atoms with Crippen molar-refractivity contribution in [3.8, 4) is 0 Å². The predicted molar refractivity (Wildman–Crippen MR) is 69.7 cm³/mol. The van der Waals surface area contributed by atoms with Gasteiger partial charge >= 0.3 is 0 Å². The van der Waals surface area contributed by atoms with Crippen molar-refractivity contribution in [1.82, 2.24) is 9.88 Å². The quantitative estimate of drug-likeness (QED) is 0.899. The number of hydrogen-bond donors (Lipinski definition) is 1. The minimum Gasteiger partial charge on any atom is -0.338 e. The summed E-state index contributed by atoms with van der Waals surface area (Å²) in [6.45, 7) is 2.21. The molecule has 0 saturated carbocycles. The number of nitrogens with two attached hydrogens (primary N) is 1. The lowest BCUT2D eigenvalue weighted by Crippen LogP contribution is -2.39. The van der Waals surface area contributed by atoms with Crippen molar-refractivity contribution in [1.29, 1.82) is 0 Å². The Morgan fingerprint density at radius 3 is 2.88 bits per heavy atom. The first-order valence-electron chi connectivity index (χ1n) is 5.43. The Balaban J connectivity index is 2.16. The molecule has 0 unspecified atom stereocenters. The zero-order valence-corrected chi connectivity index (χ0v) is 10.7. The van der Waals surface area contributed by atoms with Crippen molar-refractivity contribution < 1.29 is 4.79 Å². The van der Waals surface area contributed by atoms with E-state index in [9.17, 15) is 4.79 Å². The van der Waals surface area contributed by atoms with Gasteiger partial charge in [-0.2, -0.15) is 0 Å². The molecular weight excluding hydrogens is 234 g/mol. The molecule has 0 bridgehead atoms. The van der Waals surface area contributed by atoms with E-state index in [-0.39, 0.29) is 5.91 Å². The van der Waals surface area contributed by atoms with E-state index < -0.39 is 6.04 Å². The van der Waals surface area contributed by atoms with Crippen LogP contribution in [0, 0.1) is 0 Å². The fraction of sp³-hybridized carbons (Fsp3) is 0.333. The van der Waals surface area contributed by atoms with Gasteiger partial charge in [-0.1, -0.05) is 12.1 Å². The summed E-state index contributed by atoms with van der Waals surface area (Å²) >= 11 is 1.61. The van der Waals surface area contributed by atoms with Crippen molar-refractivity contribution in [2.45, 2.75) is 19.5 Å². The molecule has 1 atom stereocenters. The SMILES string of the molecule is C[C@H](N)C(=O)N(C)Cc1nc2ccccc2s1. The molecule has 5 heteroatoms. The maximum Gasteiger partial charge on any atom is 0.239 e. The van der Waals surface area contributed by atoms with Gasteiger partial charge in [-0.15, -0.1) is 11.3 Å². The van der Waals surface area contributed by atoms with Crippen LogP contribution >= 0.6 is 11.3 Å². The normalized spacial score (nSPS) is 12.6. The molecule has 0 aliphatic carbocycles. The molecule has 1 aromatic carbocycles. The van der Waals surface area contributed by atoms with Gasteiger partial charge < -0.3 is 10.6 Å². The number of hydrogen-bond acceptors (Lipinski definition) is 4. The van der Waals surface area contributed by atoms with Gasteiger partial charge in [-0.3, -0.25) is 4.79 Å². The Kier molecular flexibility index (Phi) is 3.40. The van der Waals surface area contributed by atoms with Crippen molar-refractivity contribution in [3.05, 3.63) is 29.3 Å². The number of likely N-dealkylation sites (N-methyl/N-ethyl adjacent to an activating group) is 1. The third-order valence-electron chi connectivity index (χ3n) is 2.48. The van der Waals surface area contributed by atoms with Gasteiger partial charge in [0, 0.05) is 7.05 Å². The number of carbonyl (C=O) groups excluding carboxylic acids is 1. The van der Waals surface area contributed by atoms with Crippen LogP contribution in [0.5, 0.6) is 0 Å². The fourth-order valence-corrected chi connectivity index (χ4v) is 2.64. The van der Waals surface area contributed by atoms with Crippen molar-refractivity contribution in [2.75, 3.05) is 7.05 Å². The van der Waals surface area contributed by atoms with Crippen molar-refractivity contribution >= 4 is 27.5 Å². The van der Waals surface area contributed by atoms with E-state index in [1.165, 1.54) is 0 Å². The molecule has 17 heavy (non-hydrogen) atoms. The fourth-order valence-electron chi connectivity index (χ4n) is 1.62. The van der Waals surface area contributed by atoms with E-state index in [1.54, 1.807) is 30.2 Å². The molecule has 0 spiro atoms. The minimum atomic E-state index is -0.464. The van der Waals surface area contributed by atoms with Crippen LogP contribution in [0.15, 0.2) is 24.3 Å². The van der Waals surface area contributed by atoms with Crippen LogP contribution < -0.4 is 5.73 Å². The Hall–Kier alpha value is -1.46. The van der Waals surface area contributed by atoms with Crippen LogP contribution in [0.25, 0.3) is 10.2 Å². The summed E-state index contributed by atoms with van der Waals surface area (Å²) in [6, 6.07) is 7.49. The maximum absolute atomic E-state index is 11.6. The first-order chi connectivity index (χ1) is 8.08. The lowest BCUT2D eigenvalue weighted by Gasteiger charge is -2.17. The molecule has 4 nitrogen and oxygen atoms in total. The zero-order chi connectivity index (χ0) is 12.4. The van der Waals surface area contributed by atoms with Crippen molar-refractivity contribution in [3.63, 3.8) is 0 Å². The highest BCUT2D eigenvalue weighted by molar-refractivity contribution is 7.18. The van der Waals surface area contributed by atoms with Crippen molar-refractivity contribution in [2.24, 2.45) is 5.73 Å². The first kappa shape index (κ1) is 12.0. The van der Waals surface area contributed by atoms with Crippen LogP contribution in [0.4, 0.5) is 0 Å². The van der Waals surface area contributed by atoms with Gasteiger partial charge in [-0.05, 0) is 19.1 Å². The van der Waals surface area contributed by atoms with E-state index >= 15 is 0 Å². The molecule has 2 N–H and O–H groups in total. The van der Waals surface area contributed by atoms with E-state index in [0.29, 0.717) is 6.54 Å². The number of nitrogens with zero attached hydrogens (tertiary/aromatic N) is 2. The number of fused-ring (bicyclic) bond motifs is 1. The van der Waals surface area contributed by atoms with Crippen LogP contribution in [-0.4, -0.2) is 28.9 Å². The Morgan fingerprint density at radius 2 is 2.24 bits per heavy atom. The standard InChI is InChI=1S/C12H15N3OS/c1-8(13)12(16)15(2)7-11-14-9-5-3-4-6-10(9)17-11/h3-6,8H,7,13H2,1-2H3/t8-/m0/s1. The summed E-state index contributed by atoms with van der Waals surface area (Å²) < 4.78 is 1.14. The third kappa shape index (κ3) is 2.62. The molecular formula is C12H15N3OS. The van der Waals surface area contributed by atoms with Gasteiger partial charge in [0.2, 0.25) is 5.91 Å². The smallest absolute Gasteiger partial charge is 0.239 e. The van der Waals surface area contributed by atoms with Crippen LogP contribution in [0.3, 0.4) is 0 Å². The number of thiazole rings is 1. The highest BCUT2D eigenvalue weighted by atomic mass is 32.1. The summed E-state index contributed by atoms with van der Waals surface area (Å²) in [7, 11) is 1.75. The summed E-state index contributed by atoms with van der Waals surface area (Å²) in [6.07, 6.45) is 0. The van der Waals surface area contributed by atoms with Crippen LogP contribution in [-0.2, 0) is 11.3 Å². The molecule has 0 aliphatic rings. The zero-order valence-electron chi connectivity index (χ0n) is 9.88. The number of amides is 1. The summed E-state index contributed by atoms with van der Waals surface area (Å²) in [5.74, 6) is -0.0655. The predicted octanol–water partition coefficient (Wildman–Crippen LogP) is 1.60. The third-order valence-corrected chi connectivity index (χ3v) is 3.50. The number of rotatable bonds is 3. The van der Waals surface area contributed by atoms with E-state index in [2.05, 4.69) is 4.98 Å². The Labute approximate surface area is 104 Å². The molecule has 90 valence electrons. The number of para-hydroxylation sites is 1. The Morgan fingerprint density at radius 1 is 1.53 bits per heavy atom.